The molecule has 1 saturated carbocycles. The van der Waals surface area contributed by atoms with Crippen molar-refractivity contribution in [3.8, 4) is 0 Å². The predicted molar refractivity (Wildman–Crippen MR) is 75.8 cm³/mol. The number of hydrogen-bond acceptors (Lipinski definition) is 3. The van der Waals surface area contributed by atoms with Crippen LogP contribution in [0.5, 0.6) is 0 Å². The van der Waals surface area contributed by atoms with Gasteiger partial charge in [-0.3, -0.25) is 0 Å². The minimum absolute atomic E-state index is 0.397. The molecule has 106 valence electrons. The Hall–Kier alpha value is -0.120. The largest absolute Gasteiger partial charge is 0.374 e. The smallest absolute Gasteiger partial charge is 0.0826 e. The first-order valence-corrected chi connectivity index (χ1v) is 7.75. The van der Waals surface area contributed by atoms with E-state index in [1.165, 1.54) is 38.6 Å². The molecule has 3 heteroatoms. The Bertz CT molecular complexity index is 211. The van der Waals surface area contributed by atoms with Crippen LogP contribution in [0.4, 0.5) is 0 Å². The van der Waals surface area contributed by atoms with Gasteiger partial charge in [0, 0.05) is 19.6 Å². The first-order chi connectivity index (χ1) is 8.74. The van der Waals surface area contributed by atoms with Crippen LogP contribution in [0.15, 0.2) is 0 Å². The Kier molecular flexibility index (Phi) is 5.93. The van der Waals surface area contributed by atoms with Crippen LogP contribution in [0.25, 0.3) is 0 Å². The zero-order valence-corrected chi connectivity index (χ0v) is 12.2. The fourth-order valence-electron chi connectivity index (χ4n) is 3.38. The van der Waals surface area contributed by atoms with Gasteiger partial charge in [0.05, 0.1) is 12.7 Å². The lowest BCUT2D eigenvalue weighted by molar-refractivity contribution is -0.0181. The van der Waals surface area contributed by atoms with Gasteiger partial charge in [0.1, 0.15) is 0 Å². The van der Waals surface area contributed by atoms with Gasteiger partial charge in [-0.1, -0.05) is 26.2 Å². The van der Waals surface area contributed by atoms with E-state index in [0.717, 1.165) is 38.1 Å². The molecular formula is C15H30N2O. The van der Waals surface area contributed by atoms with Crippen molar-refractivity contribution in [2.75, 3.05) is 39.8 Å². The topological polar surface area (TPSA) is 24.5 Å². The molecule has 1 heterocycles. The number of morpholine rings is 1. The van der Waals surface area contributed by atoms with Crippen LogP contribution in [-0.2, 0) is 4.74 Å². The normalized spacial score (nSPS) is 34.7. The standard InChI is InChI=1S/C15H30N2O/c1-13-4-3-5-14(10-13)6-7-16-11-15-12-17(2)8-9-18-15/h13-16H,3-12H2,1-2H3. The Morgan fingerprint density at radius 1 is 1.33 bits per heavy atom. The fraction of sp³-hybridized carbons (Fsp3) is 1.00. The first-order valence-electron chi connectivity index (χ1n) is 7.75. The van der Waals surface area contributed by atoms with Crippen LogP contribution in [0.1, 0.15) is 39.0 Å². The molecule has 1 aliphatic carbocycles. The molecule has 0 aromatic rings. The molecular weight excluding hydrogens is 224 g/mol. The van der Waals surface area contributed by atoms with Crippen LogP contribution in [0.2, 0.25) is 0 Å². The zero-order valence-electron chi connectivity index (χ0n) is 12.2. The molecule has 18 heavy (non-hydrogen) atoms. The monoisotopic (exact) mass is 254 g/mol. The lowest BCUT2D eigenvalue weighted by atomic mass is 9.81. The van der Waals surface area contributed by atoms with Crippen molar-refractivity contribution in [3.05, 3.63) is 0 Å². The van der Waals surface area contributed by atoms with Gasteiger partial charge >= 0.3 is 0 Å². The molecule has 1 saturated heterocycles. The Morgan fingerprint density at radius 3 is 3.00 bits per heavy atom. The summed E-state index contributed by atoms with van der Waals surface area (Å²) in [5.74, 6) is 1.93. The van der Waals surface area contributed by atoms with Crippen LogP contribution in [0.3, 0.4) is 0 Å². The van der Waals surface area contributed by atoms with Gasteiger partial charge in [-0.05, 0) is 38.3 Å². The summed E-state index contributed by atoms with van der Waals surface area (Å²) in [4.78, 5) is 2.36. The SMILES string of the molecule is CC1CCCC(CCNCC2CN(C)CCO2)C1. The average molecular weight is 254 g/mol. The number of rotatable bonds is 5. The van der Waals surface area contributed by atoms with E-state index >= 15 is 0 Å². The lowest BCUT2D eigenvalue weighted by Gasteiger charge is -2.30. The number of hydrogen-bond donors (Lipinski definition) is 1. The summed E-state index contributed by atoms with van der Waals surface area (Å²) < 4.78 is 5.75. The van der Waals surface area contributed by atoms with Crippen molar-refractivity contribution in [3.63, 3.8) is 0 Å². The van der Waals surface area contributed by atoms with Crippen LogP contribution >= 0.6 is 0 Å². The van der Waals surface area contributed by atoms with Crippen LogP contribution in [-0.4, -0.2) is 50.8 Å². The molecule has 0 radical (unpaired) electrons. The summed E-state index contributed by atoms with van der Waals surface area (Å²) in [5, 5.41) is 3.59. The van der Waals surface area contributed by atoms with Crippen molar-refractivity contribution in [1.29, 1.82) is 0 Å². The van der Waals surface area contributed by atoms with E-state index < -0.39 is 0 Å². The third-order valence-corrected chi connectivity index (χ3v) is 4.49. The molecule has 3 nitrogen and oxygen atoms in total. The number of nitrogens with zero attached hydrogens (tertiary/aromatic N) is 1. The quantitative estimate of drug-likeness (QED) is 0.761. The third-order valence-electron chi connectivity index (χ3n) is 4.49. The molecule has 0 aromatic heterocycles. The van der Waals surface area contributed by atoms with E-state index in [1.54, 1.807) is 0 Å². The summed E-state index contributed by atoms with van der Waals surface area (Å²) in [6.45, 7) is 7.64. The predicted octanol–water partition coefficient (Wildman–Crippen LogP) is 2.12. The van der Waals surface area contributed by atoms with Crippen molar-refractivity contribution < 1.29 is 4.74 Å². The van der Waals surface area contributed by atoms with Gasteiger partial charge in [0.25, 0.3) is 0 Å². The Labute approximate surface area is 112 Å². The lowest BCUT2D eigenvalue weighted by Crippen LogP contribution is -2.45. The minimum Gasteiger partial charge on any atom is -0.374 e. The highest BCUT2D eigenvalue weighted by atomic mass is 16.5. The van der Waals surface area contributed by atoms with Gasteiger partial charge in [-0.2, -0.15) is 0 Å². The molecule has 1 N–H and O–H groups in total. The zero-order chi connectivity index (χ0) is 12.8. The third kappa shape index (κ3) is 4.87. The molecule has 0 bridgehead atoms. The summed E-state index contributed by atoms with van der Waals surface area (Å²) in [7, 11) is 2.18. The maximum absolute atomic E-state index is 5.75. The van der Waals surface area contributed by atoms with Gasteiger partial charge in [-0.25, -0.2) is 0 Å². The number of likely N-dealkylation sites (N-methyl/N-ethyl adjacent to an activating group) is 1. The van der Waals surface area contributed by atoms with Gasteiger partial charge in [0.15, 0.2) is 0 Å². The molecule has 2 aliphatic rings. The maximum atomic E-state index is 5.75. The van der Waals surface area contributed by atoms with Crippen molar-refractivity contribution in [2.24, 2.45) is 11.8 Å². The molecule has 2 rings (SSSR count). The average Bonchev–Trinajstić information content (AvgIpc) is 2.35. The summed E-state index contributed by atoms with van der Waals surface area (Å²) in [5.41, 5.74) is 0. The van der Waals surface area contributed by atoms with E-state index in [4.69, 9.17) is 4.74 Å². The van der Waals surface area contributed by atoms with Crippen molar-refractivity contribution in [1.82, 2.24) is 10.2 Å². The summed E-state index contributed by atoms with van der Waals surface area (Å²) in [6.07, 6.45) is 7.55. The molecule has 2 fully saturated rings. The highest BCUT2D eigenvalue weighted by molar-refractivity contribution is 4.73. The second-order valence-corrected chi connectivity index (χ2v) is 6.39. The van der Waals surface area contributed by atoms with Gasteiger partial charge in [0.2, 0.25) is 0 Å². The van der Waals surface area contributed by atoms with Crippen molar-refractivity contribution >= 4 is 0 Å². The van der Waals surface area contributed by atoms with E-state index in [2.05, 4.69) is 24.2 Å². The van der Waals surface area contributed by atoms with E-state index in [9.17, 15) is 0 Å². The Balaban J connectivity index is 1.52. The van der Waals surface area contributed by atoms with E-state index in [1.807, 2.05) is 0 Å². The fourth-order valence-corrected chi connectivity index (χ4v) is 3.38. The maximum Gasteiger partial charge on any atom is 0.0826 e. The number of nitrogens with one attached hydrogen (secondary N) is 1. The van der Waals surface area contributed by atoms with E-state index in [0.29, 0.717) is 6.10 Å². The molecule has 0 aromatic carbocycles. The van der Waals surface area contributed by atoms with Gasteiger partial charge in [-0.15, -0.1) is 0 Å². The molecule has 3 unspecified atom stereocenters. The minimum atomic E-state index is 0.397. The summed E-state index contributed by atoms with van der Waals surface area (Å²) in [6, 6.07) is 0. The second-order valence-electron chi connectivity index (χ2n) is 6.39. The van der Waals surface area contributed by atoms with Gasteiger partial charge < -0.3 is 15.0 Å². The summed E-state index contributed by atoms with van der Waals surface area (Å²) >= 11 is 0. The van der Waals surface area contributed by atoms with Crippen LogP contribution in [0, 0.1) is 11.8 Å². The molecule has 0 amide bonds. The van der Waals surface area contributed by atoms with Crippen LogP contribution < -0.4 is 5.32 Å². The molecule has 3 atom stereocenters. The van der Waals surface area contributed by atoms with Crippen molar-refractivity contribution in [2.45, 2.75) is 45.1 Å². The number of ether oxygens (including phenoxy) is 1. The highest BCUT2D eigenvalue weighted by Gasteiger charge is 2.19. The van der Waals surface area contributed by atoms with E-state index in [-0.39, 0.29) is 0 Å². The molecule has 0 spiro atoms. The first kappa shape index (κ1) is 14.3. The molecule has 1 aliphatic heterocycles. The Morgan fingerprint density at radius 2 is 2.22 bits per heavy atom. The highest BCUT2D eigenvalue weighted by Crippen LogP contribution is 2.30. The second kappa shape index (κ2) is 7.46.